The number of nitrogens with zero attached hydrogens (tertiary/aromatic N) is 2. The molecule has 0 aliphatic carbocycles. The molecule has 1 heterocycles. The zero-order valence-electron chi connectivity index (χ0n) is 11.2. The molecular formula is C13H22N2O3. The topological polar surface area (TPSA) is 76.2 Å². The first-order chi connectivity index (χ1) is 8.67. The van der Waals surface area contributed by atoms with Crippen LogP contribution in [0.25, 0.3) is 0 Å². The van der Waals surface area contributed by atoms with Crippen molar-refractivity contribution in [3.63, 3.8) is 0 Å². The van der Waals surface area contributed by atoms with Gasteiger partial charge >= 0.3 is 5.97 Å². The molecule has 102 valence electrons. The maximum Gasteiger partial charge on any atom is 0.303 e. The Bertz CT molecular complexity index is 357. The highest BCUT2D eigenvalue weighted by Crippen LogP contribution is 2.25. The van der Waals surface area contributed by atoms with Crippen molar-refractivity contribution in [2.24, 2.45) is 0 Å². The molecule has 0 saturated carbocycles. The van der Waals surface area contributed by atoms with Gasteiger partial charge in [0.15, 0.2) is 0 Å². The second-order valence-electron chi connectivity index (χ2n) is 4.56. The SMILES string of the molecule is CCCC(CCC)c1nnc(CCCC(=O)O)o1. The normalized spacial score (nSPS) is 11.1. The van der Waals surface area contributed by atoms with Crippen molar-refractivity contribution < 1.29 is 14.3 Å². The third kappa shape index (κ3) is 4.85. The Morgan fingerprint density at radius 3 is 2.50 bits per heavy atom. The Balaban J connectivity index is 2.51. The molecule has 0 radical (unpaired) electrons. The molecule has 0 aliphatic heterocycles. The summed E-state index contributed by atoms with van der Waals surface area (Å²) in [5.41, 5.74) is 0. The van der Waals surface area contributed by atoms with Crippen LogP contribution in [-0.4, -0.2) is 21.3 Å². The van der Waals surface area contributed by atoms with Crippen molar-refractivity contribution in [2.75, 3.05) is 0 Å². The van der Waals surface area contributed by atoms with Crippen molar-refractivity contribution in [2.45, 2.75) is 64.7 Å². The Kier molecular flexibility index (Phi) is 6.39. The van der Waals surface area contributed by atoms with Crippen LogP contribution < -0.4 is 0 Å². The van der Waals surface area contributed by atoms with Gasteiger partial charge in [-0.3, -0.25) is 4.79 Å². The largest absolute Gasteiger partial charge is 0.481 e. The molecule has 18 heavy (non-hydrogen) atoms. The van der Waals surface area contributed by atoms with Crippen molar-refractivity contribution in [1.82, 2.24) is 10.2 Å². The van der Waals surface area contributed by atoms with Gasteiger partial charge < -0.3 is 9.52 Å². The average Bonchev–Trinajstić information content (AvgIpc) is 2.77. The maximum absolute atomic E-state index is 10.4. The zero-order valence-corrected chi connectivity index (χ0v) is 11.2. The second kappa shape index (κ2) is 7.84. The van der Waals surface area contributed by atoms with E-state index in [1.165, 1.54) is 0 Å². The molecule has 1 aromatic rings. The standard InChI is InChI=1S/C13H22N2O3/c1-3-6-10(7-4-2)13-15-14-11(18-13)8-5-9-12(16)17/h10H,3-9H2,1-2H3,(H,16,17). The lowest BCUT2D eigenvalue weighted by atomic mass is 9.98. The number of rotatable bonds is 9. The molecule has 0 saturated heterocycles. The molecule has 0 aliphatic rings. The van der Waals surface area contributed by atoms with E-state index >= 15 is 0 Å². The minimum Gasteiger partial charge on any atom is -0.481 e. The molecule has 5 nitrogen and oxygen atoms in total. The fraction of sp³-hybridized carbons (Fsp3) is 0.769. The van der Waals surface area contributed by atoms with Gasteiger partial charge in [-0.15, -0.1) is 10.2 Å². The van der Waals surface area contributed by atoms with Gasteiger partial charge in [-0.1, -0.05) is 26.7 Å². The lowest BCUT2D eigenvalue weighted by molar-refractivity contribution is -0.137. The van der Waals surface area contributed by atoms with Crippen LogP contribution in [-0.2, 0) is 11.2 Å². The highest BCUT2D eigenvalue weighted by Gasteiger charge is 2.17. The van der Waals surface area contributed by atoms with Gasteiger partial charge in [0.05, 0.1) is 0 Å². The molecule has 0 unspecified atom stereocenters. The van der Waals surface area contributed by atoms with E-state index in [9.17, 15) is 4.79 Å². The molecule has 0 aromatic carbocycles. The van der Waals surface area contributed by atoms with Crippen LogP contribution in [0.2, 0.25) is 0 Å². The van der Waals surface area contributed by atoms with Crippen LogP contribution >= 0.6 is 0 Å². The number of hydrogen-bond donors (Lipinski definition) is 1. The van der Waals surface area contributed by atoms with Crippen LogP contribution in [0.4, 0.5) is 0 Å². The van der Waals surface area contributed by atoms with E-state index in [2.05, 4.69) is 24.0 Å². The van der Waals surface area contributed by atoms with Crippen LogP contribution in [0.1, 0.15) is 70.1 Å². The van der Waals surface area contributed by atoms with Crippen molar-refractivity contribution in [1.29, 1.82) is 0 Å². The molecule has 0 atom stereocenters. The molecule has 1 N–H and O–H groups in total. The van der Waals surface area contributed by atoms with E-state index < -0.39 is 5.97 Å². The Hall–Kier alpha value is -1.39. The first-order valence-corrected chi connectivity index (χ1v) is 6.71. The summed E-state index contributed by atoms with van der Waals surface area (Å²) in [7, 11) is 0. The number of carboxylic acid groups (broad SMARTS) is 1. The fourth-order valence-electron chi connectivity index (χ4n) is 2.01. The molecule has 0 amide bonds. The van der Waals surface area contributed by atoms with Crippen molar-refractivity contribution in [3.8, 4) is 0 Å². The molecule has 0 spiro atoms. The molecule has 0 bridgehead atoms. The second-order valence-corrected chi connectivity index (χ2v) is 4.56. The van der Waals surface area contributed by atoms with Crippen LogP contribution in [0.5, 0.6) is 0 Å². The van der Waals surface area contributed by atoms with Gasteiger partial charge in [0.25, 0.3) is 0 Å². The summed E-state index contributed by atoms with van der Waals surface area (Å²) in [6.07, 6.45) is 5.55. The Morgan fingerprint density at radius 1 is 1.28 bits per heavy atom. The smallest absolute Gasteiger partial charge is 0.303 e. The number of aromatic nitrogens is 2. The Labute approximate surface area is 108 Å². The summed E-state index contributed by atoms with van der Waals surface area (Å²) in [4.78, 5) is 10.4. The maximum atomic E-state index is 10.4. The van der Waals surface area contributed by atoms with E-state index in [0.717, 1.165) is 25.7 Å². The fourth-order valence-corrected chi connectivity index (χ4v) is 2.01. The van der Waals surface area contributed by atoms with Crippen LogP contribution in [0, 0.1) is 0 Å². The third-order valence-electron chi connectivity index (χ3n) is 2.89. The summed E-state index contributed by atoms with van der Waals surface area (Å²) in [6.45, 7) is 4.29. The molecule has 1 aromatic heterocycles. The molecule has 0 fully saturated rings. The highest BCUT2D eigenvalue weighted by atomic mass is 16.4. The van der Waals surface area contributed by atoms with E-state index in [4.69, 9.17) is 9.52 Å². The minimum absolute atomic E-state index is 0.144. The van der Waals surface area contributed by atoms with Crippen LogP contribution in [0.15, 0.2) is 4.42 Å². The van der Waals surface area contributed by atoms with E-state index in [1.54, 1.807) is 0 Å². The zero-order chi connectivity index (χ0) is 13.4. The van der Waals surface area contributed by atoms with Crippen LogP contribution in [0.3, 0.4) is 0 Å². The van der Waals surface area contributed by atoms with E-state index in [1.807, 2.05) is 0 Å². The lowest BCUT2D eigenvalue weighted by Crippen LogP contribution is -1.98. The van der Waals surface area contributed by atoms with E-state index in [0.29, 0.717) is 30.5 Å². The Morgan fingerprint density at radius 2 is 1.94 bits per heavy atom. The number of aliphatic carboxylic acids is 1. The van der Waals surface area contributed by atoms with Gasteiger partial charge in [0.1, 0.15) is 0 Å². The predicted molar refractivity (Wildman–Crippen MR) is 67.4 cm³/mol. The van der Waals surface area contributed by atoms with Crippen molar-refractivity contribution >= 4 is 5.97 Å². The monoisotopic (exact) mass is 254 g/mol. The summed E-state index contributed by atoms with van der Waals surface area (Å²) in [5, 5.41) is 16.6. The first kappa shape index (κ1) is 14.7. The number of hydrogen-bond acceptors (Lipinski definition) is 4. The summed E-state index contributed by atoms with van der Waals surface area (Å²) in [6, 6.07) is 0. The average molecular weight is 254 g/mol. The van der Waals surface area contributed by atoms with Gasteiger partial charge in [-0.2, -0.15) is 0 Å². The summed E-state index contributed by atoms with van der Waals surface area (Å²) < 4.78 is 5.62. The number of carboxylic acids is 1. The van der Waals surface area contributed by atoms with Gasteiger partial charge in [-0.25, -0.2) is 0 Å². The van der Waals surface area contributed by atoms with Gasteiger partial charge in [0, 0.05) is 18.8 Å². The number of carbonyl (C=O) groups is 1. The van der Waals surface area contributed by atoms with E-state index in [-0.39, 0.29) is 6.42 Å². The quantitative estimate of drug-likeness (QED) is 0.732. The van der Waals surface area contributed by atoms with Gasteiger partial charge in [-0.05, 0) is 19.3 Å². The molecule has 1 rings (SSSR count). The number of aryl methyl sites for hydroxylation is 1. The van der Waals surface area contributed by atoms with Crippen molar-refractivity contribution in [3.05, 3.63) is 11.8 Å². The summed E-state index contributed by atoms with van der Waals surface area (Å²) in [5.74, 6) is 0.831. The summed E-state index contributed by atoms with van der Waals surface area (Å²) >= 11 is 0. The molecule has 5 heteroatoms. The third-order valence-corrected chi connectivity index (χ3v) is 2.89. The molecular weight excluding hydrogens is 232 g/mol. The first-order valence-electron chi connectivity index (χ1n) is 6.71. The minimum atomic E-state index is -0.787. The highest BCUT2D eigenvalue weighted by molar-refractivity contribution is 5.66. The van der Waals surface area contributed by atoms with Gasteiger partial charge in [0.2, 0.25) is 11.8 Å². The lowest BCUT2D eigenvalue weighted by Gasteiger charge is -2.09. The predicted octanol–water partition coefficient (Wildman–Crippen LogP) is 3.16.